The third-order valence-electron chi connectivity index (χ3n) is 4.42. The van der Waals surface area contributed by atoms with Gasteiger partial charge in [0.15, 0.2) is 17.5 Å². The lowest BCUT2D eigenvalue weighted by atomic mass is 10.2. The number of fused-ring (bicyclic) bond motifs is 1. The Bertz CT molecular complexity index is 821. The van der Waals surface area contributed by atoms with E-state index in [2.05, 4.69) is 15.3 Å². The summed E-state index contributed by atoms with van der Waals surface area (Å²) in [5.41, 5.74) is 7.83. The average molecular weight is 368 g/mol. The molecule has 0 unspecified atom stereocenters. The van der Waals surface area contributed by atoms with E-state index in [1.165, 1.54) is 12.8 Å². The quantitative estimate of drug-likeness (QED) is 0.602. The molecule has 3 N–H and O–H groups in total. The van der Waals surface area contributed by atoms with Crippen LogP contribution in [0.1, 0.15) is 24.8 Å². The fourth-order valence-electron chi connectivity index (χ4n) is 2.72. The van der Waals surface area contributed by atoms with Gasteiger partial charge in [-0.05, 0) is 42.5 Å². The number of rotatable bonds is 6. The van der Waals surface area contributed by atoms with Crippen LogP contribution in [0.2, 0.25) is 0 Å². The number of nitrogens with zero attached hydrogens (tertiary/aromatic N) is 2. The molecule has 1 saturated carbocycles. The Hall–Kier alpha value is -2.96. The minimum absolute atomic E-state index is 0.335. The molecule has 1 fully saturated rings. The van der Waals surface area contributed by atoms with Gasteiger partial charge < -0.3 is 25.3 Å². The van der Waals surface area contributed by atoms with E-state index >= 15 is 0 Å². The highest BCUT2D eigenvalue weighted by molar-refractivity contribution is 5.92. The number of pyridine rings is 1. The summed E-state index contributed by atoms with van der Waals surface area (Å²) in [5.74, 6) is 3.15. The Morgan fingerprint density at radius 2 is 2.04 bits per heavy atom. The van der Waals surface area contributed by atoms with Crippen LogP contribution < -0.4 is 25.3 Å². The molecule has 1 aromatic heterocycles. The lowest BCUT2D eigenvalue weighted by Gasteiger charge is -2.11. The number of ether oxygens (including phenoxy) is 3. The molecule has 27 heavy (non-hydrogen) atoms. The Kier molecular flexibility index (Phi) is 5.27. The molecule has 0 radical (unpaired) electrons. The van der Waals surface area contributed by atoms with Gasteiger partial charge in [0.05, 0.1) is 26.4 Å². The lowest BCUT2D eigenvalue weighted by molar-refractivity contribution is 0.288. The highest BCUT2D eigenvalue weighted by Crippen LogP contribution is 2.32. The number of aromatic nitrogens is 1. The summed E-state index contributed by atoms with van der Waals surface area (Å²) in [6, 6.07) is 9.47. The van der Waals surface area contributed by atoms with Crippen molar-refractivity contribution in [2.75, 3.05) is 25.1 Å². The summed E-state index contributed by atoms with van der Waals surface area (Å²) in [4.78, 5) is 8.64. The SMILES string of the molecule is NC(=NCc1ccnc(OCC2CC2)c1)Nc1ccc2c(c1)OCCCO2. The zero-order valence-electron chi connectivity index (χ0n) is 15.2. The molecular weight excluding hydrogens is 344 g/mol. The normalized spacial score (nSPS) is 16.5. The van der Waals surface area contributed by atoms with E-state index in [0.717, 1.165) is 35.8 Å². The molecule has 0 amide bonds. The number of benzene rings is 1. The molecule has 0 spiro atoms. The Morgan fingerprint density at radius 3 is 2.89 bits per heavy atom. The number of aliphatic imine (C=N–C) groups is 1. The smallest absolute Gasteiger partial charge is 0.213 e. The van der Waals surface area contributed by atoms with Gasteiger partial charge >= 0.3 is 0 Å². The van der Waals surface area contributed by atoms with E-state index < -0.39 is 0 Å². The van der Waals surface area contributed by atoms with Gasteiger partial charge in [-0.3, -0.25) is 0 Å². The van der Waals surface area contributed by atoms with Crippen molar-refractivity contribution in [1.29, 1.82) is 0 Å². The second-order valence-electron chi connectivity index (χ2n) is 6.80. The van der Waals surface area contributed by atoms with Gasteiger partial charge in [-0.1, -0.05) is 0 Å². The van der Waals surface area contributed by atoms with Crippen molar-refractivity contribution in [3.63, 3.8) is 0 Å². The van der Waals surface area contributed by atoms with Crippen LogP contribution in [0.4, 0.5) is 5.69 Å². The first kappa shape index (κ1) is 17.5. The Labute approximate surface area is 158 Å². The van der Waals surface area contributed by atoms with Crippen LogP contribution in [0.25, 0.3) is 0 Å². The highest BCUT2D eigenvalue weighted by atomic mass is 16.5. The van der Waals surface area contributed by atoms with Gasteiger partial charge in [0.25, 0.3) is 0 Å². The molecule has 0 bridgehead atoms. The van der Waals surface area contributed by atoms with Crippen LogP contribution in [0, 0.1) is 5.92 Å². The first-order valence-corrected chi connectivity index (χ1v) is 9.30. The number of guanidine groups is 1. The standard InChI is InChI=1S/C20H24N4O3/c21-20(24-16-4-5-17-18(11-16)26-9-1-8-25-17)23-12-15-6-7-22-19(10-15)27-13-14-2-3-14/h4-7,10-11,14H,1-3,8-9,12-13H2,(H3,21,23,24). The number of nitrogens with two attached hydrogens (primary N) is 1. The van der Waals surface area contributed by atoms with E-state index in [4.69, 9.17) is 19.9 Å². The van der Waals surface area contributed by atoms with Crippen LogP contribution in [0.3, 0.4) is 0 Å². The average Bonchev–Trinajstić information content (AvgIpc) is 3.52. The third kappa shape index (κ3) is 5.03. The number of hydrogen-bond donors (Lipinski definition) is 2. The maximum absolute atomic E-state index is 6.03. The second kappa shape index (κ2) is 8.16. The summed E-state index contributed by atoms with van der Waals surface area (Å²) in [7, 11) is 0. The van der Waals surface area contributed by atoms with E-state index in [0.29, 0.717) is 37.5 Å². The van der Waals surface area contributed by atoms with Crippen molar-refractivity contribution < 1.29 is 14.2 Å². The molecule has 2 aliphatic rings. The summed E-state index contributed by atoms with van der Waals surface area (Å²) in [6.45, 7) is 2.51. The van der Waals surface area contributed by atoms with Gasteiger partial charge in [-0.15, -0.1) is 0 Å². The van der Waals surface area contributed by atoms with Gasteiger partial charge in [0.2, 0.25) is 5.88 Å². The summed E-state index contributed by atoms with van der Waals surface area (Å²) >= 11 is 0. The topological polar surface area (TPSA) is 91.0 Å². The van der Waals surface area contributed by atoms with Crippen LogP contribution in [0.15, 0.2) is 41.5 Å². The Morgan fingerprint density at radius 1 is 1.19 bits per heavy atom. The molecule has 7 heteroatoms. The molecule has 4 rings (SSSR count). The van der Waals surface area contributed by atoms with E-state index in [-0.39, 0.29) is 0 Å². The number of anilines is 1. The van der Waals surface area contributed by atoms with Crippen LogP contribution in [-0.4, -0.2) is 30.8 Å². The molecule has 1 aliphatic carbocycles. The van der Waals surface area contributed by atoms with Gasteiger partial charge in [-0.25, -0.2) is 9.98 Å². The van der Waals surface area contributed by atoms with Crippen molar-refractivity contribution in [2.24, 2.45) is 16.6 Å². The van der Waals surface area contributed by atoms with Crippen LogP contribution in [-0.2, 0) is 6.54 Å². The first-order valence-electron chi connectivity index (χ1n) is 9.30. The second-order valence-corrected chi connectivity index (χ2v) is 6.80. The molecule has 7 nitrogen and oxygen atoms in total. The predicted octanol–water partition coefficient (Wildman–Crippen LogP) is 2.96. The van der Waals surface area contributed by atoms with Gasteiger partial charge in [0, 0.05) is 30.4 Å². The van der Waals surface area contributed by atoms with Crippen molar-refractivity contribution >= 4 is 11.6 Å². The van der Waals surface area contributed by atoms with Crippen LogP contribution in [0.5, 0.6) is 17.4 Å². The Balaban J connectivity index is 1.35. The van der Waals surface area contributed by atoms with Crippen molar-refractivity contribution in [3.05, 3.63) is 42.1 Å². The molecule has 1 aromatic carbocycles. The molecule has 2 heterocycles. The molecule has 142 valence electrons. The highest BCUT2D eigenvalue weighted by Gasteiger charge is 2.22. The first-order chi connectivity index (χ1) is 13.3. The minimum Gasteiger partial charge on any atom is -0.490 e. The maximum Gasteiger partial charge on any atom is 0.213 e. The van der Waals surface area contributed by atoms with E-state index in [9.17, 15) is 0 Å². The third-order valence-corrected chi connectivity index (χ3v) is 4.42. The lowest BCUT2D eigenvalue weighted by Crippen LogP contribution is -2.22. The largest absolute Gasteiger partial charge is 0.490 e. The molecule has 0 atom stereocenters. The minimum atomic E-state index is 0.335. The van der Waals surface area contributed by atoms with Crippen molar-refractivity contribution in [3.8, 4) is 17.4 Å². The number of nitrogens with one attached hydrogen (secondary N) is 1. The van der Waals surface area contributed by atoms with Crippen LogP contribution >= 0.6 is 0 Å². The summed E-state index contributed by atoms with van der Waals surface area (Å²) in [5, 5.41) is 3.09. The van der Waals surface area contributed by atoms with Gasteiger partial charge in [0.1, 0.15) is 0 Å². The number of hydrogen-bond acceptors (Lipinski definition) is 5. The van der Waals surface area contributed by atoms with E-state index in [1.807, 2.05) is 30.3 Å². The fourth-order valence-corrected chi connectivity index (χ4v) is 2.72. The summed E-state index contributed by atoms with van der Waals surface area (Å²) in [6.07, 6.45) is 5.12. The fraction of sp³-hybridized carbons (Fsp3) is 0.400. The van der Waals surface area contributed by atoms with Crippen molar-refractivity contribution in [1.82, 2.24) is 4.98 Å². The van der Waals surface area contributed by atoms with E-state index in [1.54, 1.807) is 6.20 Å². The zero-order chi connectivity index (χ0) is 18.5. The monoisotopic (exact) mass is 368 g/mol. The summed E-state index contributed by atoms with van der Waals surface area (Å²) < 4.78 is 17.0. The van der Waals surface area contributed by atoms with Crippen molar-refractivity contribution in [2.45, 2.75) is 25.8 Å². The molecule has 0 saturated heterocycles. The van der Waals surface area contributed by atoms with Gasteiger partial charge in [-0.2, -0.15) is 0 Å². The molecule has 2 aromatic rings. The predicted molar refractivity (Wildman–Crippen MR) is 103 cm³/mol. The maximum atomic E-state index is 6.03. The molecular formula is C20H24N4O3. The molecule has 1 aliphatic heterocycles. The zero-order valence-corrected chi connectivity index (χ0v) is 15.2.